The van der Waals surface area contributed by atoms with Crippen molar-refractivity contribution in [3.05, 3.63) is 23.8 Å². The van der Waals surface area contributed by atoms with E-state index in [1.165, 1.54) is 6.42 Å². The molecule has 0 aliphatic rings. The molecule has 0 aliphatic carbocycles. The van der Waals surface area contributed by atoms with Crippen LogP contribution >= 0.6 is 11.3 Å². The highest BCUT2D eigenvalue weighted by molar-refractivity contribution is 7.18. The molecule has 1 aromatic carbocycles. The lowest BCUT2D eigenvalue weighted by Crippen LogP contribution is -1.99. The third kappa shape index (κ3) is 3.44. The van der Waals surface area contributed by atoms with E-state index < -0.39 is 0 Å². The lowest BCUT2D eigenvalue weighted by atomic mass is 10.1. The van der Waals surface area contributed by atoms with E-state index in [4.69, 9.17) is 4.74 Å². The van der Waals surface area contributed by atoms with Gasteiger partial charge >= 0.3 is 0 Å². The Morgan fingerprint density at radius 1 is 1.32 bits per heavy atom. The van der Waals surface area contributed by atoms with Gasteiger partial charge in [0.2, 0.25) is 5.13 Å². The Bertz CT molecular complexity index is 539. The van der Waals surface area contributed by atoms with Gasteiger partial charge in [-0.05, 0) is 37.1 Å². The summed E-state index contributed by atoms with van der Waals surface area (Å²) in [4.78, 5) is 0. The fourth-order valence-corrected chi connectivity index (χ4v) is 2.56. The van der Waals surface area contributed by atoms with Gasteiger partial charge in [0, 0.05) is 12.1 Å². The van der Waals surface area contributed by atoms with Gasteiger partial charge in [0.15, 0.2) is 0 Å². The summed E-state index contributed by atoms with van der Waals surface area (Å²) in [5.74, 6) is 0.898. The van der Waals surface area contributed by atoms with Gasteiger partial charge in [0.25, 0.3) is 0 Å². The van der Waals surface area contributed by atoms with E-state index in [0.29, 0.717) is 0 Å². The maximum absolute atomic E-state index is 5.26. The highest BCUT2D eigenvalue weighted by Gasteiger charge is 2.08. The fourth-order valence-electron chi connectivity index (χ4n) is 1.79. The predicted octanol–water partition coefficient (Wildman–Crippen LogP) is 3.73. The van der Waals surface area contributed by atoms with Crippen molar-refractivity contribution in [3.63, 3.8) is 0 Å². The first-order chi connectivity index (χ1) is 9.24. The van der Waals surface area contributed by atoms with Crippen molar-refractivity contribution in [3.8, 4) is 16.3 Å². The van der Waals surface area contributed by atoms with E-state index in [1.54, 1.807) is 18.4 Å². The number of aryl methyl sites for hydroxylation is 1. The van der Waals surface area contributed by atoms with Crippen molar-refractivity contribution in [1.82, 2.24) is 10.2 Å². The molecule has 2 aromatic rings. The van der Waals surface area contributed by atoms with E-state index in [1.807, 2.05) is 19.1 Å². The smallest absolute Gasteiger partial charge is 0.206 e. The summed E-state index contributed by atoms with van der Waals surface area (Å²) in [6.07, 6.45) is 2.33. The van der Waals surface area contributed by atoms with Crippen LogP contribution in [0.2, 0.25) is 0 Å². The van der Waals surface area contributed by atoms with Crippen LogP contribution in [0, 0.1) is 6.92 Å². The van der Waals surface area contributed by atoms with Gasteiger partial charge in [0.05, 0.1) is 7.11 Å². The van der Waals surface area contributed by atoms with E-state index >= 15 is 0 Å². The van der Waals surface area contributed by atoms with Crippen molar-refractivity contribution in [2.75, 3.05) is 19.0 Å². The lowest BCUT2D eigenvalue weighted by molar-refractivity contribution is 0.412. The number of aromatic nitrogens is 2. The van der Waals surface area contributed by atoms with Crippen LogP contribution in [0.1, 0.15) is 25.3 Å². The molecule has 2 rings (SSSR count). The third-order valence-electron chi connectivity index (χ3n) is 2.87. The van der Waals surface area contributed by atoms with E-state index in [0.717, 1.165) is 40.0 Å². The average molecular weight is 277 g/mol. The summed E-state index contributed by atoms with van der Waals surface area (Å²) in [7, 11) is 1.68. The van der Waals surface area contributed by atoms with Crippen molar-refractivity contribution in [2.45, 2.75) is 26.7 Å². The summed E-state index contributed by atoms with van der Waals surface area (Å²) in [6, 6.07) is 6.06. The number of hydrogen-bond acceptors (Lipinski definition) is 5. The van der Waals surface area contributed by atoms with Gasteiger partial charge in [-0.2, -0.15) is 0 Å². The van der Waals surface area contributed by atoms with E-state index in [2.05, 4.69) is 28.5 Å². The van der Waals surface area contributed by atoms with Gasteiger partial charge in [0.1, 0.15) is 10.8 Å². The molecule has 1 N–H and O–H groups in total. The number of nitrogens with zero attached hydrogens (tertiary/aromatic N) is 2. The molecule has 0 fully saturated rings. The molecule has 5 heteroatoms. The van der Waals surface area contributed by atoms with Crippen LogP contribution in [0.3, 0.4) is 0 Å². The highest BCUT2D eigenvalue weighted by Crippen LogP contribution is 2.29. The SMILES string of the molecule is CCCCNc1nnc(-c2ccc(OC)c(C)c2)s1. The van der Waals surface area contributed by atoms with Gasteiger partial charge in [-0.1, -0.05) is 24.7 Å². The number of anilines is 1. The third-order valence-corrected chi connectivity index (χ3v) is 3.80. The quantitative estimate of drug-likeness (QED) is 0.817. The molecule has 102 valence electrons. The Labute approximate surface area is 117 Å². The highest BCUT2D eigenvalue weighted by atomic mass is 32.1. The van der Waals surface area contributed by atoms with Gasteiger partial charge in [-0.15, -0.1) is 10.2 Å². The first-order valence-corrected chi connectivity index (χ1v) is 7.28. The minimum Gasteiger partial charge on any atom is -0.496 e. The molecule has 0 amide bonds. The number of benzene rings is 1. The maximum Gasteiger partial charge on any atom is 0.206 e. The predicted molar refractivity (Wildman–Crippen MR) is 80.0 cm³/mol. The Morgan fingerprint density at radius 2 is 2.16 bits per heavy atom. The van der Waals surface area contributed by atoms with Crippen LogP contribution in [-0.4, -0.2) is 23.9 Å². The first kappa shape index (κ1) is 13.8. The van der Waals surface area contributed by atoms with Crippen LogP contribution < -0.4 is 10.1 Å². The monoisotopic (exact) mass is 277 g/mol. The normalized spacial score (nSPS) is 10.5. The van der Waals surface area contributed by atoms with Crippen molar-refractivity contribution in [2.24, 2.45) is 0 Å². The van der Waals surface area contributed by atoms with Crippen LogP contribution in [0.25, 0.3) is 10.6 Å². The molecule has 0 aliphatic heterocycles. The van der Waals surface area contributed by atoms with Gasteiger partial charge in [-0.3, -0.25) is 0 Å². The molecule has 1 heterocycles. The molecular weight excluding hydrogens is 258 g/mol. The minimum absolute atomic E-state index is 0.886. The van der Waals surface area contributed by atoms with Crippen LogP contribution in [0.4, 0.5) is 5.13 Å². The van der Waals surface area contributed by atoms with Crippen LogP contribution in [-0.2, 0) is 0 Å². The molecule has 19 heavy (non-hydrogen) atoms. The second-order valence-electron chi connectivity index (χ2n) is 4.38. The average Bonchev–Trinajstić information content (AvgIpc) is 2.88. The zero-order chi connectivity index (χ0) is 13.7. The molecule has 0 spiro atoms. The summed E-state index contributed by atoms with van der Waals surface area (Å²) in [5, 5.41) is 13.5. The largest absolute Gasteiger partial charge is 0.496 e. The molecule has 0 saturated heterocycles. The fraction of sp³-hybridized carbons (Fsp3) is 0.429. The first-order valence-electron chi connectivity index (χ1n) is 6.47. The zero-order valence-corrected chi connectivity index (χ0v) is 12.4. The summed E-state index contributed by atoms with van der Waals surface area (Å²) < 4.78 is 5.26. The van der Waals surface area contributed by atoms with Crippen molar-refractivity contribution >= 4 is 16.5 Å². The molecule has 0 unspecified atom stereocenters. The molecule has 0 saturated carbocycles. The summed E-state index contributed by atoms with van der Waals surface area (Å²) >= 11 is 1.58. The summed E-state index contributed by atoms with van der Waals surface area (Å²) in [5.41, 5.74) is 2.19. The number of unbranched alkanes of at least 4 members (excludes halogenated alkanes) is 1. The van der Waals surface area contributed by atoms with Crippen molar-refractivity contribution in [1.29, 1.82) is 0 Å². The Balaban J connectivity index is 2.11. The van der Waals surface area contributed by atoms with E-state index in [9.17, 15) is 0 Å². The molecule has 0 atom stereocenters. The maximum atomic E-state index is 5.26. The number of hydrogen-bond donors (Lipinski definition) is 1. The number of ether oxygens (including phenoxy) is 1. The minimum atomic E-state index is 0.886. The Hall–Kier alpha value is -1.62. The van der Waals surface area contributed by atoms with E-state index in [-0.39, 0.29) is 0 Å². The number of methoxy groups -OCH3 is 1. The lowest BCUT2D eigenvalue weighted by Gasteiger charge is -2.05. The van der Waals surface area contributed by atoms with Gasteiger partial charge in [-0.25, -0.2) is 0 Å². The Kier molecular flexibility index (Phi) is 4.74. The molecule has 0 bridgehead atoms. The number of nitrogens with one attached hydrogen (secondary N) is 1. The Morgan fingerprint density at radius 3 is 2.84 bits per heavy atom. The topological polar surface area (TPSA) is 47.0 Å². The molecule has 4 nitrogen and oxygen atoms in total. The van der Waals surface area contributed by atoms with Crippen LogP contribution in [0.5, 0.6) is 5.75 Å². The standard InChI is InChI=1S/C14H19N3OS/c1-4-5-8-15-14-17-16-13(19-14)11-6-7-12(18-3)10(2)9-11/h6-7,9H,4-5,8H2,1-3H3,(H,15,17). The second kappa shape index (κ2) is 6.52. The molecular formula is C14H19N3OS. The van der Waals surface area contributed by atoms with Crippen molar-refractivity contribution < 1.29 is 4.74 Å². The molecule has 1 aromatic heterocycles. The zero-order valence-electron chi connectivity index (χ0n) is 11.6. The number of rotatable bonds is 6. The second-order valence-corrected chi connectivity index (χ2v) is 5.35. The summed E-state index contributed by atoms with van der Waals surface area (Å²) in [6.45, 7) is 5.16. The molecule has 0 radical (unpaired) electrons. The van der Waals surface area contributed by atoms with Gasteiger partial charge < -0.3 is 10.1 Å². The van der Waals surface area contributed by atoms with Crippen LogP contribution in [0.15, 0.2) is 18.2 Å².